The van der Waals surface area contributed by atoms with Crippen LogP contribution in [0.5, 0.6) is 0 Å². The summed E-state index contributed by atoms with van der Waals surface area (Å²) < 4.78 is 2.24. The van der Waals surface area contributed by atoms with Gasteiger partial charge in [0.25, 0.3) is 0 Å². The fourth-order valence-corrected chi connectivity index (χ4v) is 4.44. The van der Waals surface area contributed by atoms with Crippen LogP contribution >= 0.6 is 11.6 Å². The van der Waals surface area contributed by atoms with Gasteiger partial charge in [0.05, 0.1) is 5.02 Å². The number of pyridine rings is 1. The molecule has 0 fully saturated rings. The second kappa shape index (κ2) is 7.23. The van der Waals surface area contributed by atoms with Gasteiger partial charge in [-0.1, -0.05) is 103 Å². The van der Waals surface area contributed by atoms with E-state index in [0.717, 1.165) is 27.7 Å². The third-order valence-electron chi connectivity index (χ3n) is 5.47. The maximum atomic E-state index is 6.51. The highest BCUT2D eigenvalue weighted by atomic mass is 35.5. The van der Waals surface area contributed by atoms with E-state index < -0.39 is 5.54 Å². The second-order valence-electron chi connectivity index (χ2n) is 7.02. The number of aromatic nitrogens is 2. The fraction of sp³-hybridized carbons (Fsp3) is 0.0385. The molecule has 2 heterocycles. The van der Waals surface area contributed by atoms with Crippen LogP contribution in [-0.2, 0) is 5.54 Å². The van der Waals surface area contributed by atoms with Gasteiger partial charge in [-0.2, -0.15) is 0 Å². The van der Waals surface area contributed by atoms with Crippen molar-refractivity contribution >= 4 is 22.6 Å². The van der Waals surface area contributed by atoms with Gasteiger partial charge in [-0.25, -0.2) is 4.98 Å². The molecule has 0 aliphatic heterocycles. The smallest absolute Gasteiger partial charge is 0.142 e. The van der Waals surface area contributed by atoms with Crippen molar-refractivity contribution in [2.45, 2.75) is 5.54 Å². The van der Waals surface area contributed by atoms with Crippen molar-refractivity contribution in [3.63, 3.8) is 0 Å². The molecule has 0 amide bonds. The third kappa shape index (κ3) is 2.76. The van der Waals surface area contributed by atoms with Gasteiger partial charge in [0, 0.05) is 17.8 Å². The van der Waals surface area contributed by atoms with Crippen LogP contribution in [0.3, 0.4) is 0 Å². The van der Waals surface area contributed by atoms with Crippen LogP contribution in [0.15, 0.2) is 116 Å². The van der Waals surface area contributed by atoms with Gasteiger partial charge in [0.1, 0.15) is 11.2 Å². The summed E-state index contributed by atoms with van der Waals surface area (Å²) in [6.45, 7) is 0. The Hall–Kier alpha value is -3.36. The lowest BCUT2D eigenvalue weighted by Crippen LogP contribution is -2.37. The van der Waals surface area contributed by atoms with Crippen LogP contribution < -0.4 is 0 Å². The molecule has 0 unspecified atom stereocenters. The number of fused-ring (bicyclic) bond motifs is 1. The van der Waals surface area contributed by atoms with Gasteiger partial charge in [0.2, 0.25) is 0 Å². The third-order valence-corrected chi connectivity index (χ3v) is 5.80. The van der Waals surface area contributed by atoms with Crippen molar-refractivity contribution in [1.82, 2.24) is 9.55 Å². The summed E-state index contributed by atoms with van der Waals surface area (Å²) in [5, 5.41) is 1.65. The van der Waals surface area contributed by atoms with Crippen molar-refractivity contribution in [3.05, 3.63) is 137 Å². The summed E-state index contributed by atoms with van der Waals surface area (Å²) in [5.74, 6) is 0. The average Bonchev–Trinajstić information content (AvgIpc) is 3.23. The molecule has 0 bridgehead atoms. The molecule has 5 rings (SSSR count). The minimum Gasteiger partial charge on any atom is -0.314 e. The van der Waals surface area contributed by atoms with E-state index in [0.29, 0.717) is 5.02 Å². The highest BCUT2D eigenvalue weighted by molar-refractivity contribution is 6.35. The molecule has 0 saturated heterocycles. The van der Waals surface area contributed by atoms with Crippen molar-refractivity contribution in [3.8, 4) is 0 Å². The van der Waals surface area contributed by atoms with Gasteiger partial charge in [-0.05, 0) is 28.8 Å². The van der Waals surface area contributed by atoms with Gasteiger partial charge >= 0.3 is 0 Å². The Bertz CT molecular complexity index is 1150. The highest BCUT2D eigenvalue weighted by Gasteiger charge is 2.39. The summed E-state index contributed by atoms with van der Waals surface area (Å²) in [6, 6.07) is 35.6. The van der Waals surface area contributed by atoms with Crippen molar-refractivity contribution in [1.29, 1.82) is 0 Å². The lowest BCUT2D eigenvalue weighted by molar-refractivity contribution is 0.530. The maximum absolute atomic E-state index is 6.51. The molecule has 29 heavy (non-hydrogen) atoms. The lowest BCUT2D eigenvalue weighted by Gasteiger charge is -2.38. The van der Waals surface area contributed by atoms with Crippen LogP contribution in [0.1, 0.15) is 16.7 Å². The monoisotopic (exact) mass is 394 g/mol. The van der Waals surface area contributed by atoms with Crippen LogP contribution in [-0.4, -0.2) is 9.55 Å². The molecule has 0 aliphatic rings. The van der Waals surface area contributed by atoms with Crippen molar-refractivity contribution < 1.29 is 0 Å². The molecule has 5 aromatic rings. The van der Waals surface area contributed by atoms with E-state index in [-0.39, 0.29) is 0 Å². The Kier molecular flexibility index (Phi) is 4.42. The van der Waals surface area contributed by atoms with Gasteiger partial charge in [0.15, 0.2) is 0 Å². The molecule has 3 aromatic carbocycles. The molecule has 140 valence electrons. The first-order valence-electron chi connectivity index (χ1n) is 9.60. The van der Waals surface area contributed by atoms with E-state index in [9.17, 15) is 0 Å². The summed E-state index contributed by atoms with van der Waals surface area (Å²) in [7, 11) is 0. The Morgan fingerprint density at radius 2 is 1.10 bits per heavy atom. The average molecular weight is 395 g/mol. The largest absolute Gasteiger partial charge is 0.314 e. The SMILES string of the molecule is Clc1ccnc2c1ccn2C(c1ccccc1)(c1ccccc1)c1ccccc1. The molecule has 0 saturated carbocycles. The van der Waals surface area contributed by atoms with Crippen LogP contribution in [0, 0.1) is 0 Å². The predicted octanol–water partition coefficient (Wildman–Crippen LogP) is 6.53. The van der Waals surface area contributed by atoms with Crippen molar-refractivity contribution in [2.24, 2.45) is 0 Å². The molecular formula is C26H19ClN2. The standard InChI is InChI=1S/C26H19ClN2/c27-24-16-18-28-25-23(24)17-19-29(25)26(20-10-4-1-5-11-20,21-12-6-2-7-13-21)22-14-8-3-9-15-22/h1-19H. The lowest BCUT2D eigenvalue weighted by atomic mass is 9.76. The van der Waals surface area contributed by atoms with E-state index in [1.807, 2.05) is 30.3 Å². The molecule has 0 spiro atoms. The zero-order valence-electron chi connectivity index (χ0n) is 15.7. The Balaban J connectivity index is 1.97. The van der Waals surface area contributed by atoms with E-state index in [4.69, 9.17) is 16.6 Å². The molecule has 0 N–H and O–H groups in total. The fourth-order valence-electron chi connectivity index (χ4n) is 4.23. The van der Waals surface area contributed by atoms with Gasteiger partial charge in [-0.3, -0.25) is 0 Å². The maximum Gasteiger partial charge on any atom is 0.142 e. The second-order valence-corrected chi connectivity index (χ2v) is 7.43. The minimum atomic E-state index is -0.580. The summed E-state index contributed by atoms with van der Waals surface area (Å²) in [4.78, 5) is 4.72. The number of hydrogen-bond acceptors (Lipinski definition) is 1. The highest BCUT2D eigenvalue weighted by Crippen LogP contribution is 2.43. The van der Waals surface area contributed by atoms with Gasteiger partial charge in [-0.15, -0.1) is 0 Å². The van der Waals surface area contributed by atoms with Crippen LogP contribution in [0.4, 0.5) is 0 Å². The van der Waals surface area contributed by atoms with E-state index >= 15 is 0 Å². The number of hydrogen-bond donors (Lipinski definition) is 0. The van der Waals surface area contributed by atoms with E-state index in [2.05, 4.69) is 83.6 Å². The van der Waals surface area contributed by atoms with Crippen LogP contribution in [0.2, 0.25) is 5.02 Å². The normalized spacial score (nSPS) is 11.6. The minimum absolute atomic E-state index is 0.580. The molecule has 2 nitrogen and oxygen atoms in total. The number of rotatable bonds is 4. The zero-order chi connectivity index (χ0) is 19.7. The zero-order valence-corrected chi connectivity index (χ0v) is 16.5. The summed E-state index contributed by atoms with van der Waals surface area (Å²) in [5.41, 5.74) is 3.77. The molecular weight excluding hydrogens is 376 g/mol. The number of benzene rings is 3. The topological polar surface area (TPSA) is 17.8 Å². The Labute approximate surface area is 175 Å². The van der Waals surface area contributed by atoms with Crippen LogP contribution in [0.25, 0.3) is 11.0 Å². The van der Waals surface area contributed by atoms with E-state index in [1.165, 1.54) is 0 Å². The molecule has 3 heteroatoms. The summed E-state index contributed by atoms with van der Waals surface area (Å²) >= 11 is 6.51. The van der Waals surface area contributed by atoms with Crippen molar-refractivity contribution in [2.75, 3.05) is 0 Å². The first-order chi connectivity index (χ1) is 14.3. The first-order valence-corrected chi connectivity index (χ1v) is 9.98. The molecule has 2 aromatic heterocycles. The Morgan fingerprint density at radius 3 is 1.59 bits per heavy atom. The Morgan fingerprint density at radius 1 is 0.621 bits per heavy atom. The molecule has 0 radical (unpaired) electrons. The number of halogens is 1. The van der Waals surface area contributed by atoms with Gasteiger partial charge < -0.3 is 4.57 Å². The first kappa shape index (κ1) is 17.7. The molecule has 0 atom stereocenters. The predicted molar refractivity (Wildman–Crippen MR) is 119 cm³/mol. The van der Waals surface area contributed by atoms with E-state index in [1.54, 1.807) is 6.20 Å². The quantitative estimate of drug-likeness (QED) is 0.317. The summed E-state index contributed by atoms with van der Waals surface area (Å²) in [6.07, 6.45) is 3.86. The number of nitrogens with zero attached hydrogens (tertiary/aromatic N) is 2. The molecule has 0 aliphatic carbocycles.